The molecule has 1 amide bonds. The fourth-order valence-electron chi connectivity index (χ4n) is 3.91. The van der Waals surface area contributed by atoms with Gasteiger partial charge in [-0.25, -0.2) is 0 Å². The lowest BCUT2D eigenvalue weighted by Gasteiger charge is -2.25. The second-order valence-electron chi connectivity index (χ2n) is 7.42. The van der Waals surface area contributed by atoms with Crippen molar-refractivity contribution < 1.29 is 24.4 Å². The van der Waals surface area contributed by atoms with Crippen molar-refractivity contribution in [3.05, 3.63) is 104 Å². The first-order valence-corrected chi connectivity index (χ1v) is 11.2. The Hall–Kier alpha value is -3.98. The molecule has 0 aromatic heterocycles. The summed E-state index contributed by atoms with van der Waals surface area (Å²) >= 11 is 3.34. The zero-order valence-corrected chi connectivity index (χ0v) is 19.6. The Morgan fingerprint density at radius 3 is 2.32 bits per heavy atom. The molecular formula is C25H19BrN2O6. The van der Waals surface area contributed by atoms with E-state index in [1.807, 2.05) is 6.92 Å². The van der Waals surface area contributed by atoms with Crippen LogP contribution >= 0.6 is 15.9 Å². The molecule has 9 heteroatoms. The molecule has 0 unspecified atom stereocenters. The summed E-state index contributed by atoms with van der Waals surface area (Å²) in [4.78, 5) is 38.8. The number of halogens is 1. The molecule has 3 aromatic rings. The minimum absolute atomic E-state index is 0.113. The predicted octanol–water partition coefficient (Wildman–Crippen LogP) is 5.38. The summed E-state index contributed by atoms with van der Waals surface area (Å²) in [5.74, 6) is -1.68. The smallest absolute Gasteiger partial charge is 0.300 e. The van der Waals surface area contributed by atoms with Crippen LogP contribution in [0.5, 0.6) is 5.75 Å². The van der Waals surface area contributed by atoms with E-state index in [4.69, 9.17) is 4.74 Å². The molecule has 0 bridgehead atoms. The molecule has 4 rings (SSSR count). The van der Waals surface area contributed by atoms with Gasteiger partial charge in [-0.1, -0.05) is 28.1 Å². The molecule has 0 radical (unpaired) electrons. The minimum Gasteiger partial charge on any atom is -0.507 e. The van der Waals surface area contributed by atoms with Crippen LogP contribution < -0.4 is 9.64 Å². The SMILES string of the molecule is CCOc1ccc(C(O)=C2C(=O)C(=O)N(c3ccc(Br)cc3)[C@H]2c2ccccc2[N+](=O)[O-])cc1. The summed E-state index contributed by atoms with van der Waals surface area (Å²) < 4.78 is 6.17. The average molecular weight is 523 g/mol. The number of amides is 1. The van der Waals surface area contributed by atoms with Crippen molar-refractivity contribution in [2.75, 3.05) is 11.5 Å². The Balaban J connectivity index is 1.95. The molecule has 0 spiro atoms. The number of ether oxygens (including phenoxy) is 1. The van der Waals surface area contributed by atoms with Gasteiger partial charge < -0.3 is 9.84 Å². The van der Waals surface area contributed by atoms with Gasteiger partial charge in [0.05, 0.1) is 22.7 Å². The maximum atomic E-state index is 13.2. The molecule has 1 heterocycles. The van der Waals surface area contributed by atoms with Gasteiger partial charge in [-0.2, -0.15) is 0 Å². The lowest BCUT2D eigenvalue weighted by molar-refractivity contribution is -0.385. The van der Waals surface area contributed by atoms with Crippen LogP contribution in [-0.4, -0.2) is 28.3 Å². The maximum Gasteiger partial charge on any atom is 0.300 e. The fraction of sp³-hybridized carbons (Fsp3) is 0.120. The van der Waals surface area contributed by atoms with Gasteiger partial charge in [0.25, 0.3) is 17.4 Å². The average Bonchev–Trinajstić information content (AvgIpc) is 3.10. The summed E-state index contributed by atoms with van der Waals surface area (Å²) in [5, 5.41) is 23.0. The van der Waals surface area contributed by atoms with E-state index in [2.05, 4.69) is 15.9 Å². The second kappa shape index (κ2) is 9.48. The first-order chi connectivity index (χ1) is 16.3. The van der Waals surface area contributed by atoms with E-state index in [1.165, 1.54) is 23.1 Å². The van der Waals surface area contributed by atoms with Gasteiger partial charge in [0.1, 0.15) is 17.6 Å². The number of carbonyl (C=O) groups is 2. The van der Waals surface area contributed by atoms with Gasteiger partial charge in [0.2, 0.25) is 0 Å². The Kier molecular flexibility index (Phi) is 6.47. The fourth-order valence-corrected chi connectivity index (χ4v) is 4.18. The zero-order valence-electron chi connectivity index (χ0n) is 18.0. The summed E-state index contributed by atoms with van der Waals surface area (Å²) in [7, 11) is 0. The third-order valence-electron chi connectivity index (χ3n) is 5.42. The van der Waals surface area contributed by atoms with Crippen LogP contribution in [-0.2, 0) is 9.59 Å². The second-order valence-corrected chi connectivity index (χ2v) is 8.33. The standard InChI is InChI=1S/C25H19BrN2O6/c1-2-34-18-13-7-15(8-14-18)23(29)21-22(19-5-3-4-6-20(19)28(32)33)27(25(31)24(21)30)17-11-9-16(26)10-12-17/h3-14,22,29H,2H2,1H3/t22-/m0/s1. The summed E-state index contributed by atoms with van der Waals surface area (Å²) in [5.41, 5.74) is 0.252. The van der Waals surface area contributed by atoms with E-state index in [0.717, 1.165) is 4.47 Å². The van der Waals surface area contributed by atoms with Crippen LogP contribution in [0.15, 0.2) is 82.8 Å². The van der Waals surface area contributed by atoms with Crippen molar-refractivity contribution in [1.29, 1.82) is 0 Å². The third kappa shape index (κ3) is 4.17. The number of nitro benzene ring substituents is 1. The zero-order chi connectivity index (χ0) is 24.4. The highest BCUT2D eigenvalue weighted by molar-refractivity contribution is 9.10. The topological polar surface area (TPSA) is 110 Å². The third-order valence-corrected chi connectivity index (χ3v) is 5.94. The molecule has 1 N–H and O–H groups in total. The molecule has 3 aromatic carbocycles. The molecule has 172 valence electrons. The summed E-state index contributed by atoms with van der Waals surface area (Å²) in [6, 6.07) is 17.7. The number of para-hydroxylation sites is 1. The van der Waals surface area contributed by atoms with Gasteiger partial charge in [-0.3, -0.25) is 24.6 Å². The van der Waals surface area contributed by atoms with E-state index in [9.17, 15) is 24.8 Å². The lowest BCUT2D eigenvalue weighted by atomic mass is 9.94. The molecular weight excluding hydrogens is 504 g/mol. The van der Waals surface area contributed by atoms with E-state index in [-0.39, 0.29) is 22.4 Å². The number of aliphatic hydroxyl groups excluding tert-OH is 1. The molecule has 1 aliphatic heterocycles. The molecule has 1 atom stereocenters. The molecule has 0 aliphatic carbocycles. The monoisotopic (exact) mass is 522 g/mol. The highest BCUT2D eigenvalue weighted by Gasteiger charge is 2.48. The molecule has 1 saturated heterocycles. The van der Waals surface area contributed by atoms with E-state index in [0.29, 0.717) is 18.0 Å². The number of ketones is 1. The summed E-state index contributed by atoms with van der Waals surface area (Å²) in [6.45, 7) is 2.30. The van der Waals surface area contributed by atoms with Crippen molar-refractivity contribution in [2.45, 2.75) is 13.0 Å². The van der Waals surface area contributed by atoms with Crippen molar-refractivity contribution in [1.82, 2.24) is 0 Å². The van der Waals surface area contributed by atoms with Crippen molar-refractivity contribution in [2.24, 2.45) is 0 Å². The number of benzene rings is 3. The Morgan fingerprint density at radius 2 is 1.71 bits per heavy atom. The van der Waals surface area contributed by atoms with Crippen molar-refractivity contribution >= 4 is 44.8 Å². The minimum atomic E-state index is -1.20. The van der Waals surface area contributed by atoms with Crippen LogP contribution in [0.4, 0.5) is 11.4 Å². The maximum absolute atomic E-state index is 13.2. The predicted molar refractivity (Wildman–Crippen MR) is 130 cm³/mol. The van der Waals surface area contributed by atoms with E-state index < -0.39 is 28.4 Å². The van der Waals surface area contributed by atoms with Crippen molar-refractivity contribution in [3.63, 3.8) is 0 Å². The highest BCUT2D eigenvalue weighted by Crippen LogP contribution is 2.44. The first kappa shape index (κ1) is 23.2. The Labute approximate surface area is 203 Å². The van der Waals surface area contributed by atoms with Crippen molar-refractivity contribution in [3.8, 4) is 5.75 Å². The summed E-state index contributed by atoms with van der Waals surface area (Å²) in [6.07, 6.45) is 0. The van der Waals surface area contributed by atoms with Crippen LogP contribution in [0.2, 0.25) is 0 Å². The van der Waals surface area contributed by atoms with Gasteiger partial charge in [-0.15, -0.1) is 0 Å². The number of nitro groups is 1. The number of aliphatic hydroxyl groups is 1. The highest BCUT2D eigenvalue weighted by atomic mass is 79.9. The number of rotatable bonds is 6. The van der Waals surface area contributed by atoms with E-state index >= 15 is 0 Å². The molecule has 1 fully saturated rings. The molecule has 0 saturated carbocycles. The number of hydrogen-bond donors (Lipinski definition) is 1. The Morgan fingerprint density at radius 1 is 1.06 bits per heavy atom. The number of Topliss-reactive ketones (excluding diaryl/α,β-unsaturated/α-hetero) is 1. The largest absolute Gasteiger partial charge is 0.507 e. The number of anilines is 1. The van der Waals surface area contributed by atoms with Crippen LogP contribution in [0.3, 0.4) is 0 Å². The lowest BCUT2D eigenvalue weighted by Crippen LogP contribution is -2.29. The van der Waals surface area contributed by atoms with Gasteiger partial charge in [0.15, 0.2) is 0 Å². The van der Waals surface area contributed by atoms with Gasteiger partial charge in [-0.05, 0) is 61.5 Å². The number of nitrogens with zero attached hydrogens (tertiary/aromatic N) is 2. The Bertz CT molecular complexity index is 1300. The molecule has 34 heavy (non-hydrogen) atoms. The quantitative estimate of drug-likeness (QED) is 0.153. The molecule has 8 nitrogen and oxygen atoms in total. The normalized spacial score (nSPS) is 17.1. The van der Waals surface area contributed by atoms with Crippen LogP contribution in [0.1, 0.15) is 24.1 Å². The van der Waals surface area contributed by atoms with Gasteiger partial charge >= 0.3 is 0 Å². The van der Waals surface area contributed by atoms with Crippen LogP contribution in [0.25, 0.3) is 5.76 Å². The molecule has 1 aliphatic rings. The number of carbonyl (C=O) groups excluding carboxylic acids is 2. The number of hydrogen-bond acceptors (Lipinski definition) is 6. The van der Waals surface area contributed by atoms with E-state index in [1.54, 1.807) is 54.6 Å². The van der Waals surface area contributed by atoms with Crippen LogP contribution in [0, 0.1) is 10.1 Å². The van der Waals surface area contributed by atoms with Gasteiger partial charge in [0, 0.05) is 21.8 Å². The first-order valence-electron chi connectivity index (χ1n) is 10.4.